The summed E-state index contributed by atoms with van der Waals surface area (Å²) in [4.78, 5) is 4.40. The molecular formula is C20H22N2O3. The Hall–Kier alpha value is -2.95. The number of aromatic nitrogens is 1. The second-order valence-electron chi connectivity index (χ2n) is 6.09. The summed E-state index contributed by atoms with van der Waals surface area (Å²) < 4.78 is 17.0. The predicted molar refractivity (Wildman–Crippen MR) is 99.9 cm³/mol. The van der Waals surface area contributed by atoms with E-state index < -0.39 is 0 Å². The van der Waals surface area contributed by atoms with E-state index in [9.17, 15) is 0 Å². The lowest BCUT2D eigenvalue weighted by Gasteiger charge is -2.16. The van der Waals surface area contributed by atoms with Crippen LogP contribution in [0.25, 0.3) is 10.9 Å². The minimum Gasteiger partial charge on any atom is -0.493 e. The van der Waals surface area contributed by atoms with Crippen LogP contribution in [0, 0.1) is 0 Å². The molecule has 5 nitrogen and oxygen atoms in total. The Balaban J connectivity index is 2.11. The predicted octanol–water partition coefficient (Wildman–Crippen LogP) is 4.75. The molecule has 0 aliphatic carbocycles. The molecule has 1 aromatic heterocycles. The Labute approximate surface area is 147 Å². The summed E-state index contributed by atoms with van der Waals surface area (Å²) in [5.74, 6) is 3.05. The van der Waals surface area contributed by atoms with Gasteiger partial charge in [-0.2, -0.15) is 0 Å². The van der Waals surface area contributed by atoms with Crippen LogP contribution in [0.4, 0.5) is 5.69 Å². The summed E-state index contributed by atoms with van der Waals surface area (Å²) >= 11 is 0. The van der Waals surface area contributed by atoms with Crippen LogP contribution in [0.1, 0.15) is 25.3 Å². The van der Waals surface area contributed by atoms with Gasteiger partial charge in [-0.25, -0.2) is 0 Å². The van der Waals surface area contributed by atoms with Gasteiger partial charge in [-0.15, -0.1) is 0 Å². The van der Waals surface area contributed by atoms with Crippen LogP contribution in [-0.4, -0.2) is 19.2 Å². The second kappa shape index (κ2) is 6.89. The van der Waals surface area contributed by atoms with Gasteiger partial charge in [0.15, 0.2) is 11.5 Å². The summed E-state index contributed by atoms with van der Waals surface area (Å²) in [5, 5.41) is 0.853. The van der Waals surface area contributed by atoms with Gasteiger partial charge in [-0.1, -0.05) is 13.8 Å². The van der Waals surface area contributed by atoms with E-state index in [1.54, 1.807) is 20.4 Å². The molecule has 130 valence electrons. The Kier molecular flexibility index (Phi) is 4.65. The van der Waals surface area contributed by atoms with Gasteiger partial charge in [0.05, 0.1) is 19.7 Å². The summed E-state index contributed by atoms with van der Waals surface area (Å²) in [5.41, 5.74) is 8.48. The SMILES string of the molecule is COc1cc2nccc(Oc3ccc(N)cc3C(C)C)c2cc1OC. The Morgan fingerprint density at radius 3 is 2.28 bits per heavy atom. The molecule has 0 aliphatic rings. The van der Waals surface area contributed by atoms with Crippen LogP contribution in [0.3, 0.4) is 0 Å². The Morgan fingerprint density at radius 1 is 0.880 bits per heavy atom. The maximum Gasteiger partial charge on any atom is 0.162 e. The summed E-state index contributed by atoms with van der Waals surface area (Å²) in [6.07, 6.45) is 1.72. The zero-order chi connectivity index (χ0) is 18.0. The maximum absolute atomic E-state index is 6.22. The highest BCUT2D eigenvalue weighted by atomic mass is 16.5. The van der Waals surface area contributed by atoms with Crippen LogP contribution >= 0.6 is 0 Å². The van der Waals surface area contributed by atoms with E-state index in [4.69, 9.17) is 19.9 Å². The molecule has 0 saturated heterocycles. The number of ether oxygens (including phenoxy) is 3. The molecule has 0 amide bonds. The van der Waals surface area contributed by atoms with Gasteiger partial charge in [0.2, 0.25) is 0 Å². The van der Waals surface area contributed by atoms with Crippen molar-refractivity contribution in [3.8, 4) is 23.0 Å². The molecule has 3 rings (SSSR count). The van der Waals surface area contributed by atoms with Gasteiger partial charge in [0.1, 0.15) is 11.5 Å². The van der Waals surface area contributed by atoms with Crippen molar-refractivity contribution >= 4 is 16.6 Å². The van der Waals surface area contributed by atoms with Crippen molar-refractivity contribution in [2.24, 2.45) is 0 Å². The Morgan fingerprint density at radius 2 is 1.60 bits per heavy atom. The van der Waals surface area contributed by atoms with E-state index in [1.165, 1.54) is 0 Å². The molecule has 0 saturated carbocycles. The van der Waals surface area contributed by atoms with Crippen molar-refractivity contribution in [3.05, 3.63) is 48.2 Å². The van der Waals surface area contributed by atoms with Gasteiger partial charge in [-0.3, -0.25) is 4.98 Å². The van der Waals surface area contributed by atoms with E-state index in [1.807, 2.05) is 36.4 Å². The normalized spacial score (nSPS) is 10.9. The molecule has 1 heterocycles. The fourth-order valence-corrected chi connectivity index (χ4v) is 2.77. The first-order chi connectivity index (χ1) is 12.0. The van der Waals surface area contributed by atoms with Gasteiger partial charge >= 0.3 is 0 Å². The standard InChI is InChI=1S/C20H22N2O3/c1-12(2)14-9-13(21)5-6-17(14)25-18-7-8-22-16-11-20(24-4)19(23-3)10-15(16)18/h5-12H,21H2,1-4H3. The number of rotatable bonds is 5. The summed E-state index contributed by atoms with van der Waals surface area (Å²) in [7, 11) is 3.21. The third-order valence-corrected chi connectivity index (χ3v) is 4.08. The van der Waals surface area contributed by atoms with Crippen molar-refractivity contribution in [1.29, 1.82) is 0 Å². The molecule has 0 aliphatic heterocycles. The number of methoxy groups -OCH3 is 2. The number of pyridine rings is 1. The number of nitrogen functional groups attached to an aromatic ring is 1. The third-order valence-electron chi connectivity index (χ3n) is 4.08. The number of nitrogens with zero attached hydrogens (tertiary/aromatic N) is 1. The molecule has 0 bridgehead atoms. The molecule has 3 aromatic rings. The van der Waals surface area contributed by atoms with Crippen LogP contribution in [-0.2, 0) is 0 Å². The first kappa shape index (κ1) is 16.9. The van der Waals surface area contributed by atoms with Crippen LogP contribution in [0.5, 0.6) is 23.0 Å². The van der Waals surface area contributed by atoms with Crippen molar-refractivity contribution in [2.75, 3.05) is 20.0 Å². The van der Waals surface area contributed by atoms with Crippen molar-refractivity contribution in [1.82, 2.24) is 4.98 Å². The number of hydrogen-bond donors (Lipinski definition) is 1. The largest absolute Gasteiger partial charge is 0.493 e. The number of benzene rings is 2. The first-order valence-corrected chi connectivity index (χ1v) is 8.11. The van der Waals surface area contributed by atoms with Gasteiger partial charge in [0.25, 0.3) is 0 Å². The molecule has 5 heteroatoms. The molecule has 0 fully saturated rings. The van der Waals surface area contributed by atoms with E-state index >= 15 is 0 Å². The van der Waals surface area contributed by atoms with Crippen molar-refractivity contribution in [3.63, 3.8) is 0 Å². The fraction of sp³-hybridized carbons (Fsp3) is 0.250. The zero-order valence-electron chi connectivity index (χ0n) is 14.9. The maximum atomic E-state index is 6.22. The smallest absolute Gasteiger partial charge is 0.162 e. The van der Waals surface area contributed by atoms with Gasteiger partial charge in [0, 0.05) is 23.3 Å². The first-order valence-electron chi connectivity index (χ1n) is 8.11. The lowest BCUT2D eigenvalue weighted by atomic mass is 10.0. The number of hydrogen-bond acceptors (Lipinski definition) is 5. The van der Waals surface area contributed by atoms with Crippen LogP contribution < -0.4 is 19.9 Å². The lowest BCUT2D eigenvalue weighted by molar-refractivity contribution is 0.355. The zero-order valence-corrected chi connectivity index (χ0v) is 14.9. The third kappa shape index (κ3) is 3.31. The lowest BCUT2D eigenvalue weighted by Crippen LogP contribution is -1.97. The minimum atomic E-state index is 0.293. The highest BCUT2D eigenvalue weighted by Gasteiger charge is 2.14. The van der Waals surface area contributed by atoms with Gasteiger partial charge < -0.3 is 19.9 Å². The monoisotopic (exact) mass is 338 g/mol. The Bertz CT molecular complexity index is 907. The highest BCUT2D eigenvalue weighted by molar-refractivity contribution is 5.88. The molecule has 25 heavy (non-hydrogen) atoms. The van der Waals surface area contributed by atoms with Gasteiger partial charge in [-0.05, 0) is 41.8 Å². The van der Waals surface area contributed by atoms with Crippen molar-refractivity contribution < 1.29 is 14.2 Å². The second-order valence-corrected chi connectivity index (χ2v) is 6.09. The quantitative estimate of drug-likeness (QED) is 0.680. The van der Waals surface area contributed by atoms with Crippen LogP contribution in [0.15, 0.2) is 42.6 Å². The summed E-state index contributed by atoms with van der Waals surface area (Å²) in [6, 6.07) is 11.3. The number of fused-ring (bicyclic) bond motifs is 1. The van der Waals surface area contributed by atoms with E-state index in [-0.39, 0.29) is 0 Å². The average Bonchev–Trinajstić information content (AvgIpc) is 2.62. The van der Waals surface area contributed by atoms with E-state index in [2.05, 4.69) is 18.8 Å². The van der Waals surface area contributed by atoms with E-state index in [0.29, 0.717) is 23.2 Å². The van der Waals surface area contributed by atoms with Crippen molar-refractivity contribution in [2.45, 2.75) is 19.8 Å². The van der Waals surface area contributed by atoms with E-state index in [0.717, 1.165) is 27.9 Å². The number of nitrogens with two attached hydrogens (primary N) is 1. The summed E-state index contributed by atoms with van der Waals surface area (Å²) in [6.45, 7) is 4.22. The topological polar surface area (TPSA) is 66.6 Å². The fourth-order valence-electron chi connectivity index (χ4n) is 2.77. The minimum absolute atomic E-state index is 0.293. The molecule has 2 aromatic carbocycles. The molecule has 0 atom stereocenters. The highest BCUT2D eigenvalue weighted by Crippen LogP contribution is 2.38. The average molecular weight is 338 g/mol. The number of anilines is 1. The molecule has 0 unspecified atom stereocenters. The molecule has 0 spiro atoms. The van der Waals surface area contributed by atoms with Crippen LogP contribution in [0.2, 0.25) is 0 Å². The molecule has 0 radical (unpaired) electrons. The molecular weight excluding hydrogens is 316 g/mol. The molecule has 2 N–H and O–H groups in total.